The first kappa shape index (κ1) is 16.8. The van der Waals surface area contributed by atoms with Crippen molar-refractivity contribution in [2.75, 3.05) is 0 Å². The van der Waals surface area contributed by atoms with Gasteiger partial charge in [0.15, 0.2) is 11.5 Å². The van der Waals surface area contributed by atoms with E-state index in [2.05, 4.69) is 15.0 Å². The molecule has 0 amide bonds. The standard InChI is InChI=1S/C20H21FN4O/c1-25-13-22-12-18(25)17-8-14-7-16(23-10-15(14)11-24-17)9-19(26)20(21)5-3-2-4-6-20/h7-8,10-13H,2-6,9H2,1H3. The van der Waals surface area contributed by atoms with Crippen molar-refractivity contribution in [1.82, 2.24) is 19.5 Å². The third kappa shape index (κ3) is 3.11. The smallest absolute Gasteiger partial charge is 0.175 e. The van der Waals surface area contributed by atoms with Gasteiger partial charge in [0.1, 0.15) is 0 Å². The van der Waals surface area contributed by atoms with Crippen LogP contribution in [0.2, 0.25) is 0 Å². The van der Waals surface area contributed by atoms with Gasteiger partial charge >= 0.3 is 0 Å². The van der Waals surface area contributed by atoms with E-state index in [0.29, 0.717) is 18.5 Å². The molecule has 1 fully saturated rings. The Hall–Kier alpha value is -2.63. The zero-order chi connectivity index (χ0) is 18.1. The quantitative estimate of drug-likeness (QED) is 0.716. The van der Waals surface area contributed by atoms with Crippen LogP contribution in [0.25, 0.3) is 22.2 Å². The number of pyridine rings is 2. The highest BCUT2D eigenvalue weighted by Crippen LogP contribution is 2.33. The molecule has 6 heteroatoms. The van der Waals surface area contributed by atoms with E-state index in [0.717, 1.165) is 41.4 Å². The maximum absolute atomic E-state index is 14.9. The predicted molar refractivity (Wildman–Crippen MR) is 97.4 cm³/mol. The summed E-state index contributed by atoms with van der Waals surface area (Å²) in [6, 6.07) is 3.81. The van der Waals surface area contributed by atoms with Crippen molar-refractivity contribution in [2.45, 2.75) is 44.2 Å². The molecule has 1 aliphatic carbocycles. The Morgan fingerprint density at radius 1 is 1.12 bits per heavy atom. The summed E-state index contributed by atoms with van der Waals surface area (Å²) < 4.78 is 16.8. The van der Waals surface area contributed by atoms with E-state index >= 15 is 0 Å². The molecule has 0 N–H and O–H groups in total. The maximum atomic E-state index is 14.9. The number of nitrogens with zero attached hydrogens (tertiary/aromatic N) is 4. The number of aryl methyl sites for hydroxylation is 1. The number of halogens is 1. The molecule has 0 bridgehead atoms. The van der Waals surface area contributed by atoms with Gasteiger partial charge < -0.3 is 4.57 Å². The lowest BCUT2D eigenvalue weighted by Gasteiger charge is -2.27. The number of imidazole rings is 1. The van der Waals surface area contributed by atoms with Gasteiger partial charge in [0.2, 0.25) is 0 Å². The molecule has 0 aromatic carbocycles. The minimum Gasteiger partial charge on any atom is -0.332 e. The van der Waals surface area contributed by atoms with E-state index in [1.54, 1.807) is 24.9 Å². The molecule has 0 radical (unpaired) electrons. The SMILES string of the molecule is Cn1cncc1-c1cc2cc(CC(=O)C3(F)CCCCC3)ncc2cn1. The second-order valence-electron chi connectivity index (χ2n) is 7.11. The summed E-state index contributed by atoms with van der Waals surface area (Å²) in [5.74, 6) is -0.343. The van der Waals surface area contributed by atoms with E-state index < -0.39 is 5.67 Å². The fourth-order valence-corrected chi connectivity index (χ4v) is 3.64. The molecule has 1 aliphatic rings. The first-order chi connectivity index (χ1) is 12.5. The Bertz CT molecular complexity index is 959. The van der Waals surface area contributed by atoms with Crippen LogP contribution in [-0.4, -0.2) is 31.0 Å². The van der Waals surface area contributed by atoms with Gasteiger partial charge in [-0.25, -0.2) is 9.37 Å². The second-order valence-corrected chi connectivity index (χ2v) is 7.11. The normalized spacial score (nSPS) is 16.7. The first-order valence-electron chi connectivity index (χ1n) is 8.99. The van der Waals surface area contributed by atoms with Gasteiger partial charge in [-0.15, -0.1) is 0 Å². The average Bonchev–Trinajstić information content (AvgIpc) is 3.07. The third-order valence-electron chi connectivity index (χ3n) is 5.23. The molecule has 1 saturated carbocycles. The lowest BCUT2D eigenvalue weighted by atomic mass is 9.82. The Kier molecular flexibility index (Phi) is 4.26. The van der Waals surface area contributed by atoms with Crippen LogP contribution in [0.1, 0.15) is 37.8 Å². The number of hydrogen-bond donors (Lipinski definition) is 0. The molecule has 3 aromatic heterocycles. The Labute approximate surface area is 151 Å². The van der Waals surface area contributed by atoms with Gasteiger partial charge in [-0.1, -0.05) is 6.42 Å². The van der Waals surface area contributed by atoms with Gasteiger partial charge in [0.05, 0.1) is 30.3 Å². The molecule has 0 atom stereocenters. The molecule has 134 valence electrons. The van der Waals surface area contributed by atoms with Crippen LogP contribution in [0, 0.1) is 0 Å². The van der Waals surface area contributed by atoms with E-state index in [1.807, 2.05) is 23.7 Å². The molecular weight excluding hydrogens is 331 g/mol. The number of fused-ring (bicyclic) bond motifs is 1. The summed E-state index contributed by atoms with van der Waals surface area (Å²) in [6.45, 7) is 0. The van der Waals surface area contributed by atoms with Crippen LogP contribution in [-0.2, 0) is 18.3 Å². The van der Waals surface area contributed by atoms with Gasteiger partial charge in [-0.05, 0) is 43.2 Å². The van der Waals surface area contributed by atoms with Gasteiger partial charge in [0, 0.05) is 30.5 Å². The number of hydrogen-bond acceptors (Lipinski definition) is 4. The zero-order valence-electron chi connectivity index (χ0n) is 14.8. The van der Waals surface area contributed by atoms with E-state index in [4.69, 9.17) is 0 Å². The Morgan fingerprint density at radius 2 is 1.88 bits per heavy atom. The van der Waals surface area contributed by atoms with Gasteiger partial charge in [-0.2, -0.15) is 0 Å². The van der Waals surface area contributed by atoms with Gasteiger partial charge in [0.25, 0.3) is 0 Å². The van der Waals surface area contributed by atoms with Crippen LogP contribution in [0.5, 0.6) is 0 Å². The molecule has 0 aliphatic heterocycles. The van der Waals surface area contributed by atoms with Crippen LogP contribution in [0.3, 0.4) is 0 Å². The number of rotatable bonds is 4. The Morgan fingerprint density at radius 3 is 2.62 bits per heavy atom. The molecule has 3 heterocycles. The Balaban J connectivity index is 1.62. The minimum absolute atomic E-state index is 0.0375. The first-order valence-corrected chi connectivity index (χ1v) is 8.99. The predicted octanol–water partition coefficient (Wildman–Crippen LogP) is 3.81. The van der Waals surface area contributed by atoms with Crippen molar-refractivity contribution in [3.63, 3.8) is 0 Å². The van der Waals surface area contributed by atoms with Crippen molar-refractivity contribution in [3.05, 3.63) is 42.7 Å². The second kappa shape index (κ2) is 6.59. The summed E-state index contributed by atoms with van der Waals surface area (Å²) >= 11 is 0. The number of carbonyl (C=O) groups excluding carboxylic acids is 1. The van der Waals surface area contributed by atoms with Crippen LogP contribution >= 0.6 is 0 Å². The molecule has 0 unspecified atom stereocenters. The van der Waals surface area contributed by atoms with E-state index in [1.165, 1.54) is 0 Å². The van der Waals surface area contributed by atoms with Crippen LogP contribution in [0.4, 0.5) is 4.39 Å². The van der Waals surface area contributed by atoms with Crippen LogP contribution < -0.4 is 0 Å². The fraction of sp³-hybridized carbons (Fsp3) is 0.400. The van der Waals surface area contributed by atoms with Crippen molar-refractivity contribution >= 4 is 16.6 Å². The van der Waals surface area contributed by atoms with Gasteiger partial charge in [-0.3, -0.25) is 14.8 Å². The highest BCUT2D eigenvalue weighted by atomic mass is 19.1. The minimum atomic E-state index is -1.67. The molecule has 4 rings (SSSR count). The fourth-order valence-electron chi connectivity index (χ4n) is 3.64. The van der Waals surface area contributed by atoms with E-state index in [-0.39, 0.29) is 12.2 Å². The van der Waals surface area contributed by atoms with Crippen LogP contribution in [0.15, 0.2) is 37.1 Å². The molecule has 5 nitrogen and oxygen atoms in total. The summed E-state index contributed by atoms with van der Waals surface area (Å²) in [6.07, 6.45) is 10.2. The van der Waals surface area contributed by atoms with Crippen molar-refractivity contribution in [3.8, 4) is 11.4 Å². The highest BCUT2D eigenvalue weighted by Gasteiger charge is 2.39. The summed E-state index contributed by atoms with van der Waals surface area (Å²) in [5, 5.41) is 1.82. The van der Waals surface area contributed by atoms with Crippen molar-refractivity contribution < 1.29 is 9.18 Å². The molecule has 26 heavy (non-hydrogen) atoms. The number of ketones is 1. The zero-order valence-corrected chi connectivity index (χ0v) is 14.8. The summed E-state index contributed by atoms with van der Waals surface area (Å²) in [4.78, 5) is 25.4. The number of aromatic nitrogens is 4. The number of Topliss-reactive ketones (excluding diaryl/α,β-unsaturated/α-hetero) is 1. The monoisotopic (exact) mass is 352 g/mol. The molecular formula is C20H21FN4O. The lowest BCUT2D eigenvalue weighted by Crippen LogP contribution is -2.37. The van der Waals surface area contributed by atoms with Crippen molar-refractivity contribution in [2.24, 2.45) is 7.05 Å². The summed E-state index contributed by atoms with van der Waals surface area (Å²) in [7, 11) is 1.91. The maximum Gasteiger partial charge on any atom is 0.175 e. The number of alkyl halides is 1. The lowest BCUT2D eigenvalue weighted by molar-refractivity contribution is -0.132. The molecule has 0 saturated heterocycles. The average molecular weight is 352 g/mol. The van der Waals surface area contributed by atoms with Crippen molar-refractivity contribution in [1.29, 1.82) is 0 Å². The summed E-state index contributed by atoms with van der Waals surface area (Å²) in [5.41, 5.74) is 0.640. The number of carbonyl (C=O) groups is 1. The molecule has 0 spiro atoms. The third-order valence-corrected chi connectivity index (χ3v) is 5.23. The molecule has 3 aromatic rings. The highest BCUT2D eigenvalue weighted by molar-refractivity contribution is 5.90. The van der Waals surface area contributed by atoms with E-state index in [9.17, 15) is 9.18 Å². The topological polar surface area (TPSA) is 60.7 Å². The largest absolute Gasteiger partial charge is 0.332 e.